The molecule has 0 radical (unpaired) electrons. The van der Waals surface area contributed by atoms with Crippen LogP contribution < -0.4 is 0 Å². The summed E-state index contributed by atoms with van der Waals surface area (Å²) in [4.78, 5) is 29.3. The third-order valence-corrected chi connectivity index (χ3v) is 12.8. The first-order chi connectivity index (χ1) is 26.9. The largest absolute Gasteiger partial charge is 0.495 e. The average molecular weight is 792 g/mol. The summed E-state index contributed by atoms with van der Waals surface area (Å²) in [5, 5.41) is 0.315. The van der Waals surface area contributed by atoms with Crippen LogP contribution in [0.3, 0.4) is 0 Å². The second kappa shape index (κ2) is 38.5. The van der Waals surface area contributed by atoms with Gasteiger partial charge >= 0.3 is 5.97 Å². The highest BCUT2D eigenvalue weighted by molar-refractivity contribution is 8.13. The zero-order chi connectivity index (χ0) is 40.0. The lowest BCUT2D eigenvalue weighted by atomic mass is 9.96. The lowest BCUT2D eigenvalue weighted by Gasteiger charge is -2.22. The van der Waals surface area contributed by atoms with Crippen molar-refractivity contribution in [3.63, 3.8) is 0 Å². The molecule has 1 saturated heterocycles. The molecule has 0 spiro atoms. The van der Waals surface area contributed by atoms with Crippen molar-refractivity contribution in [3.05, 3.63) is 12.3 Å². The number of ether oxygens (including phenoxy) is 2. The van der Waals surface area contributed by atoms with Gasteiger partial charge in [0.2, 0.25) is 0 Å². The van der Waals surface area contributed by atoms with Crippen LogP contribution in [-0.4, -0.2) is 53.6 Å². The zero-order valence-electron chi connectivity index (χ0n) is 37.3. The van der Waals surface area contributed by atoms with Gasteiger partial charge in [0.15, 0.2) is 5.12 Å². The summed E-state index contributed by atoms with van der Waals surface area (Å²) < 4.78 is 12.7. The maximum absolute atomic E-state index is 13.6. The number of carbonyl (C=O) groups is 2. The number of esters is 1. The van der Waals surface area contributed by atoms with E-state index in [1.165, 1.54) is 166 Å². The van der Waals surface area contributed by atoms with Crippen LogP contribution >= 0.6 is 11.8 Å². The molecule has 5 nitrogen and oxygen atoms in total. The number of hydrogen-bond donors (Lipinski definition) is 0. The first-order valence-electron chi connectivity index (χ1n) is 24.4. The van der Waals surface area contributed by atoms with Crippen LogP contribution in [-0.2, 0) is 19.1 Å². The van der Waals surface area contributed by atoms with Gasteiger partial charge in [0, 0.05) is 24.5 Å². The molecule has 1 fully saturated rings. The molecule has 0 saturated carbocycles. The Morgan fingerprint density at radius 2 is 0.964 bits per heavy atom. The molecule has 324 valence electrons. The molecule has 1 heterocycles. The highest BCUT2D eigenvalue weighted by Gasteiger charge is 2.21. The number of unbranched alkanes of at least 4 members (excludes halogenated alkanes) is 17. The molecule has 0 aliphatic carbocycles. The molecule has 55 heavy (non-hydrogen) atoms. The van der Waals surface area contributed by atoms with Gasteiger partial charge < -0.3 is 14.4 Å². The van der Waals surface area contributed by atoms with E-state index in [1.54, 1.807) is 0 Å². The number of thioether (sulfide) groups is 1. The smallest absolute Gasteiger partial charge is 0.306 e. The van der Waals surface area contributed by atoms with E-state index in [9.17, 15) is 9.59 Å². The topological polar surface area (TPSA) is 55.8 Å². The van der Waals surface area contributed by atoms with E-state index >= 15 is 0 Å². The Balaban J connectivity index is 2.68. The molecule has 0 aromatic heterocycles. The predicted molar refractivity (Wildman–Crippen MR) is 241 cm³/mol. The van der Waals surface area contributed by atoms with Crippen LogP contribution in [0, 0.1) is 5.92 Å². The predicted octanol–water partition coefficient (Wildman–Crippen LogP) is 15.3. The summed E-state index contributed by atoms with van der Waals surface area (Å²) in [5.74, 6) is 1.71. The summed E-state index contributed by atoms with van der Waals surface area (Å²) in [6.45, 7) is 17.1. The van der Waals surface area contributed by atoms with Gasteiger partial charge in [-0.25, -0.2) is 0 Å². The van der Waals surface area contributed by atoms with Crippen LogP contribution in [0.25, 0.3) is 0 Å². The van der Waals surface area contributed by atoms with Gasteiger partial charge in [0.25, 0.3) is 0 Å². The van der Waals surface area contributed by atoms with Gasteiger partial charge in [-0.05, 0) is 122 Å². The van der Waals surface area contributed by atoms with E-state index in [0.29, 0.717) is 11.5 Å². The maximum Gasteiger partial charge on any atom is 0.306 e. The van der Waals surface area contributed by atoms with E-state index in [-0.39, 0.29) is 24.1 Å². The van der Waals surface area contributed by atoms with Crippen molar-refractivity contribution in [1.82, 2.24) is 4.90 Å². The minimum Gasteiger partial charge on any atom is -0.495 e. The molecule has 6 heteroatoms. The van der Waals surface area contributed by atoms with E-state index in [2.05, 4.69) is 39.2 Å². The van der Waals surface area contributed by atoms with Crippen molar-refractivity contribution in [1.29, 1.82) is 0 Å². The van der Waals surface area contributed by atoms with Crippen LogP contribution in [0.1, 0.15) is 246 Å². The maximum atomic E-state index is 13.6. The Hall–Kier alpha value is -1.01. The van der Waals surface area contributed by atoms with Gasteiger partial charge in [-0.15, -0.1) is 0 Å². The van der Waals surface area contributed by atoms with Crippen molar-refractivity contribution in [2.24, 2.45) is 5.92 Å². The molecule has 1 unspecified atom stereocenters. The quantitative estimate of drug-likeness (QED) is 0.0349. The van der Waals surface area contributed by atoms with Crippen LogP contribution in [0.2, 0.25) is 0 Å². The Bertz CT molecular complexity index is 810. The Kier molecular flexibility index (Phi) is 36.4. The van der Waals surface area contributed by atoms with Crippen molar-refractivity contribution < 1.29 is 19.1 Å². The summed E-state index contributed by atoms with van der Waals surface area (Å²) in [6, 6.07) is 0. The van der Waals surface area contributed by atoms with Gasteiger partial charge in [-0.3, -0.25) is 9.59 Å². The van der Waals surface area contributed by atoms with Gasteiger partial charge in [0.05, 0.1) is 11.9 Å². The molecule has 0 amide bonds. The van der Waals surface area contributed by atoms with Gasteiger partial charge in [-0.2, -0.15) is 0 Å². The van der Waals surface area contributed by atoms with Crippen LogP contribution in [0.5, 0.6) is 0 Å². The fourth-order valence-electron chi connectivity index (χ4n) is 8.12. The third kappa shape index (κ3) is 31.6. The summed E-state index contributed by atoms with van der Waals surface area (Å²) in [6.07, 6.45) is 39.2. The monoisotopic (exact) mass is 792 g/mol. The average Bonchev–Trinajstić information content (AvgIpc) is 3.70. The number of carbonyl (C=O) groups excluding carboxylic acids is 2. The van der Waals surface area contributed by atoms with E-state index in [0.717, 1.165) is 88.6 Å². The molecule has 1 rings (SSSR count). The zero-order valence-corrected chi connectivity index (χ0v) is 38.1. The summed E-state index contributed by atoms with van der Waals surface area (Å²) >= 11 is 1.54. The number of nitrogens with zero attached hydrogens (tertiary/aromatic N) is 1. The Morgan fingerprint density at radius 1 is 0.527 bits per heavy atom. The number of allylic oxidation sites excluding steroid dienone is 1. The van der Waals surface area contributed by atoms with Crippen molar-refractivity contribution in [3.8, 4) is 0 Å². The molecule has 0 N–H and O–H groups in total. The number of rotatable bonds is 41. The first-order valence-corrected chi connectivity index (χ1v) is 25.3. The van der Waals surface area contributed by atoms with Gasteiger partial charge in [0.1, 0.15) is 6.10 Å². The lowest BCUT2D eigenvalue weighted by Crippen LogP contribution is -2.20. The standard InChI is InChI=1S/C49H93NO4S/c1-6-10-14-18-22-35-46(36-23-19-15-11-7-2)53-44(5)32-30-33-45(49(52)55-43-29-28-42-50-40-26-27-41-50)34-31-39-48(51)54-47(37-24-20-16-12-8-3)38-25-21-17-13-9-4/h45-47H,5-43H2,1-4H3. The molecular formula is C49H93NO4S. The van der Waals surface area contributed by atoms with Crippen LogP contribution in [0.15, 0.2) is 12.3 Å². The first kappa shape index (κ1) is 52.0. The summed E-state index contributed by atoms with van der Waals surface area (Å²) in [7, 11) is 0. The molecule has 0 aromatic rings. The molecule has 1 atom stereocenters. The lowest BCUT2D eigenvalue weighted by molar-refractivity contribution is -0.150. The number of hydrogen-bond acceptors (Lipinski definition) is 6. The van der Waals surface area contributed by atoms with Crippen molar-refractivity contribution in [2.75, 3.05) is 25.4 Å². The van der Waals surface area contributed by atoms with Crippen molar-refractivity contribution >= 4 is 22.8 Å². The van der Waals surface area contributed by atoms with E-state index < -0.39 is 0 Å². The highest BCUT2D eigenvalue weighted by atomic mass is 32.2. The Morgan fingerprint density at radius 3 is 1.44 bits per heavy atom. The molecule has 0 aromatic carbocycles. The molecule has 1 aliphatic heterocycles. The minimum atomic E-state index is -0.0647. The normalized spacial score (nSPS) is 13.9. The molecule has 1 aliphatic rings. The number of likely N-dealkylation sites (tertiary alicyclic amines) is 1. The van der Waals surface area contributed by atoms with Crippen LogP contribution in [0.4, 0.5) is 0 Å². The minimum absolute atomic E-state index is 0.0231. The second-order valence-electron chi connectivity index (χ2n) is 17.1. The Labute approximate surface area is 347 Å². The summed E-state index contributed by atoms with van der Waals surface area (Å²) in [5.41, 5.74) is 0. The van der Waals surface area contributed by atoms with Gasteiger partial charge in [-0.1, -0.05) is 149 Å². The fraction of sp³-hybridized carbons (Fsp3) is 0.918. The molecule has 0 bridgehead atoms. The second-order valence-corrected chi connectivity index (χ2v) is 18.2. The SMILES string of the molecule is C=C(CCCC(CCCC(=O)OC(CCCCCCC)CCCCCCC)C(=O)SCCCCN1CCCC1)OC(CCCCCCC)CCCCCCC. The molecular weight excluding hydrogens is 699 g/mol. The van der Waals surface area contributed by atoms with E-state index in [1.807, 2.05) is 0 Å². The van der Waals surface area contributed by atoms with Crippen molar-refractivity contribution in [2.45, 2.75) is 258 Å². The highest BCUT2D eigenvalue weighted by Crippen LogP contribution is 2.27. The fourth-order valence-corrected chi connectivity index (χ4v) is 9.14. The third-order valence-electron chi connectivity index (χ3n) is 11.7. The van der Waals surface area contributed by atoms with E-state index in [4.69, 9.17) is 9.47 Å².